The first-order valence-electron chi connectivity index (χ1n) is 11.5. The van der Waals surface area contributed by atoms with Crippen molar-refractivity contribution in [2.45, 2.75) is 5.92 Å². The summed E-state index contributed by atoms with van der Waals surface area (Å²) in [5.41, 5.74) is 7.30. The van der Waals surface area contributed by atoms with Gasteiger partial charge in [-0.3, -0.25) is 0 Å². The van der Waals surface area contributed by atoms with Gasteiger partial charge in [0.1, 0.15) is 0 Å². The molecule has 5 rings (SSSR count). The van der Waals surface area contributed by atoms with E-state index >= 15 is 0 Å². The van der Waals surface area contributed by atoms with Crippen LogP contribution in [0.3, 0.4) is 0 Å². The van der Waals surface area contributed by atoms with Crippen LogP contribution < -0.4 is 4.90 Å². The van der Waals surface area contributed by atoms with E-state index in [1.807, 2.05) is 42.5 Å². The molecule has 0 heterocycles. The Kier molecular flexibility index (Phi) is 6.31. The Morgan fingerprint density at radius 2 is 1.12 bits per heavy atom. The van der Waals surface area contributed by atoms with Crippen LogP contribution in [-0.2, 0) is 0 Å². The van der Waals surface area contributed by atoms with E-state index < -0.39 is 0 Å². The molecule has 0 saturated heterocycles. The van der Waals surface area contributed by atoms with Gasteiger partial charge in [-0.15, -0.1) is 0 Å². The number of anilines is 3. The van der Waals surface area contributed by atoms with Gasteiger partial charge in [0.2, 0.25) is 0 Å². The number of nitrogens with one attached hydrogen (secondary N) is 1. The quantitative estimate of drug-likeness (QED) is 0.321. The lowest BCUT2D eigenvalue weighted by atomic mass is 9.83. The highest BCUT2D eigenvalue weighted by Crippen LogP contribution is 2.36. The number of hydrogen-bond acceptors (Lipinski definition) is 2. The fourth-order valence-corrected chi connectivity index (χ4v) is 4.33. The molecule has 1 unspecified atom stereocenters. The van der Waals surface area contributed by atoms with E-state index in [1.165, 1.54) is 0 Å². The lowest BCUT2D eigenvalue weighted by molar-refractivity contribution is 1.06. The van der Waals surface area contributed by atoms with E-state index in [-0.39, 0.29) is 5.92 Å². The van der Waals surface area contributed by atoms with Crippen LogP contribution in [0.4, 0.5) is 17.1 Å². The van der Waals surface area contributed by atoms with E-state index in [0.717, 1.165) is 33.8 Å². The van der Waals surface area contributed by atoms with Gasteiger partial charge in [0.25, 0.3) is 0 Å². The Morgan fingerprint density at radius 3 is 1.71 bits per heavy atom. The maximum absolute atomic E-state index is 8.63. The molecule has 1 atom stereocenters. The molecular weight excluding hydrogens is 412 g/mol. The molecule has 4 aromatic rings. The minimum Gasteiger partial charge on any atom is -0.311 e. The predicted octanol–water partition coefficient (Wildman–Crippen LogP) is 8.47. The number of rotatable bonds is 6. The Bertz CT molecular complexity index is 1290. The Morgan fingerprint density at radius 1 is 0.588 bits per heavy atom. The van der Waals surface area contributed by atoms with E-state index in [4.69, 9.17) is 5.41 Å². The fourth-order valence-electron chi connectivity index (χ4n) is 4.33. The lowest BCUT2D eigenvalue weighted by Gasteiger charge is -2.26. The molecular formula is C32H26N2. The molecule has 34 heavy (non-hydrogen) atoms. The Balaban J connectivity index is 1.47. The zero-order chi connectivity index (χ0) is 23.2. The topological polar surface area (TPSA) is 27.1 Å². The van der Waals surface area contributed by atoms with Crippen LogP contribution in [0.5, 0.6) is 0 Å². The average Bonchev–Trinajstić information content (AvgIpc) is 2.90. The van der Waals surface area contributed by atoms with Crippen molar-refractivity contribution in [2.24, 2.45) is 0 Å². The first kappa shape index (κ1) is 21.4. The first-order chi connectivity index (χ1) is 16.8. The summed E-state index contributed by atoms with van der Waals surface area (Å²) in [7, 11) is 0. The zero-order valence-electron chi connectivity index (χ0n) is 18.9. The summed E-state index contributed by atoms with van der Waals surface area (Å²) in [5.74, 6) is -0.0825. The normalized spacial score (nSPS) is 15.4. The van der Waals surface area contributed by atoms with Crippen molar-refractivity contribution in [2.75, 3.05) is 4.90 Å². The third kappa shape index (κ3) is 4.67. The standard InChI is InChI=1S/C32H26N2/c33-31-18-10-13-26(20-19-25-11-4-1-5-12-25)32(31)27-21-23-30(24-22-27)34(28-14-6-2-7-15-28)29-16-8-3-9-17-29/h1-24,32-33H. The van der Waals surface area contributed by atoms with Gasteiger partial charge < -0.3 is 10.3 Å². The molecule has 0 bridgehead atoms. The molecule has 1 aliphatic rings. The second-order valence-electron chi connectivity index (χ2n) is 8.26. The Hall–Kier alpha value is -4.43. The second-order valence-corrected chi connectivity index (χ2v) is 8.26. The fraction of sp³-hybridized carbons (Fsp3) is 0.0312. The molecule has 2 nitrogen and oxygen atoms in total. The average molecular weight is 439 g/mol. The summed E-state index contributed by atoms with van der Waals surface area (Å²) in [6.07, 6.45) is 10.2. The van der Waals surface area contributed by atoms with Gasteiger partial charge in [-0.25, -0.2) is 0 Å². The SMILES string of the molecule is N=C1C=CC=C(C=Cc2ccccc2)C1c1ccc(N(c2ccccc2)c2ccccc2)cc1. The largest absolute Gasteiger partial charge is 0.311 e. The number of benzene rings is 4. The molecule has 1 N–H and O–H groups in total. The van der Waals surface area contributed by atoms with Gasteiger partial charge in [-0.2, -0.15) is 0 Å². The van der Waals surface area contributed by atoms with Crippen LogP contribution in [0.1, 0.15) is 17.0 Å². The highest BCUT2D eigenvalue weighted by Gasteiger charge is 2.21. The monoisotopic (exact) mass is 438 g/mol. The molecule has 0 amide bonds. The molecule has 0 saturated carbocycles. The lowest BCUT2D eigenvalue weighted by Crippen LogP contribution is -2.14. The van der Waals surface area contributed by atoms with Crippen LogP contribution in [0.25, 0.3) is 6.08 Å². The summed E-state index contributed by atoms with van der Waals surface area (Å²) in [6, 6.07) is 39.7. The molecule has 1 aliphatic carbocycles. The van der Waals surface area contributed by atoms with Crippen LogP contribution in [0, 0.1) is 5.41 Å². The minimum atomic E-state index is -0.0825. The summed E-state index contributed by atoms with van der Waals surface area (Å²) in [5, 5.41) is 8.63. The molecule has 2 heteroatoms. The zero-order valence-corrected chi connectivity index (χ0v) is 18.9. The number of para-hydroxylation sites is 2. The van der Waals surface area contributed by atoms with Gasteiger partial charge in [0.05, 0.1) is 5.92 Å². The van der Waals surface area contributed by atoms with Crippen molar-refractivity contribution in [3.8, 4) is 0 Å². The van der Waals surface area contributed by atoms with Gasteiger partial charge in [-0.05, 0) is 59.2 Å². The van der Waals surface area contributed by atoms with Crippen LogP contribution in [0.15, 0.2) is 145 Å². The highest BCUT2D eigenvalue weighted by atomic mass is 15.1. The Labute approximate surface area is 201 Å². The van der Waals surface area contributed by atoms with Crippen LogP contribution in [0.2, 0.25) is 0 Å². The number of nitrogens with zero attached hydrogens (tertiary/aromatic N) is 1. The summed E-state index contributed by atoms with van der Waals surface area (Å²) >= 11 is 0. The summed E-state index contributed by atoms with van der Waals surface area (Å²) < 4.78 is 0. The highest BCUT2D eigenvalue weighted by molar-refractivity contribution is 6.02. The summed E-state index contributed by atoms with van der Waals surface area (Å²) in [4.78, 5) is 2.25. The van der Waals surface area contributed by atoms with Gasteiger partial charge >= 0.3 is 0 Å². The molecule has 0 fully saturated rings. The molecule has 0 aliphatic heterocycles. The van der Waals surface area contributed by atoms with Gasteiger partial charge in [-0.1, -0.05) is 103 Å². The van der Waals surface area contributed by atoms with E-state index in [0.29, 0.717) is 5.71 Å². The van der Waals surface area contributed by atoms with Gasteiger partial charge in [0, 0.05) is 22.8 Å². The van der Waals surface area contributed by atoms with Gasteiger partial charge in [0.15, 0.2) is 0 Å². The maximum Gasteiger partial charge on any atom is 0.0505 e. The van der Waals surface area contributed by atoms with Crippen LogP contribution >= 0.6 is 0 Å². The van der Waals surface area contributed by atoms with Crippen molar-refractivity contribution in [3.05, 3.63) is 156 Å². The number of hydrogen-bond donors (Lipinski definition) is 1. The molecule has 0 aromatic heterocycles. The number of allylic oxidation sites excluding steroid dienone is 5. The van der Waals surface area contributed by atoms with Crippen LogP contribution in [-0.4, -0.2) is 5.71 Å². The van der Waals surface area contributed by atoms with E-state index in [9.17, 15) is 0 Å². The maximum atomic E-state index is 8.63. The smallest absolute Gasteiger partial charge is 0.0505 e. The third-order valence-electron chi connectivity index (χ3n) is 5.99. The van der Waals surface area contributed by atoms with Crippen molar-refractivity contribution in [1.82, 2.24) is 0 Å². The third-order valence-corrected chi connectivity index (χ3v) is 5.99. The first-order valence-corrected chi connectivity index (χ1v) is 11.5. The molecule has 0 radical (unpaired) electrons. The molecule has 0 spiro atoms. The van der Waals surface area contributed by atoms with Crippen molar-refractivity contribution >= 4 is 28.8 Å². The molecule has 4 aromatic carbocycles. The minimum absolute atomic E-state index is 0.0825. The van der Waals surface area contributed by atoms with E-state index in [2.05, 4.69) is 108 Å². The van der Waals surface area contributed by atoms with E-state index in [1.54, 1.807) is 0 Å². The predicted molar refractivity (Wildman–Crippen MR) is 144 cm³/mol. The van der Waals surface area contributed by atoms with Crippen molar-refractivity contribution in [3.63, 3.8) is 0 Å². The van der Waals surface area contributed by atoms with Crippen molar-refractivity contribution in [1.29, 1.82) is 5.41 Å². The second kappa shape index (κ2) is 10.0. The molecule has 164 valence electrons. The van der Waals surface area contributed by atoms with Crippen molar-refractivity contribution < 1.29 is 0 Å². The summed E-state index contributed by atoms with van der Waals surface area (Å²) in [6.45, 7) is 0.